The molecule has 2 nitrogen and oxygen atoms in total. The summed E-state index contributed by atoms with van der Waals surface area (Å²) >= 11 is 0. The molecule has 0 spiro atoms. The van der Waals surface area contributed by atoms with Crippen LogP contribution in [0.25, 0.3) is 0 Å². The van der Waals surface area contributed by atoms with Crippen LogP contribution in [0.3, 0.4) is 0 Å². The van der Waals surface area contributed by atoms with Gasteiger partial charge in [-0.25, -0.2) is 0 Å². The average Bonchev–Trinajstić information content (AvgIpc) is 2.53. The van der Waals surface area contributed by atoms with Crippen LogP contribution in [0.2, 0.25) is 0 Å². The van der Waals surface area contributed by atoms with Gasteiger partial charge in [0.05, 0.1) is 0 Å². The first-order chi connectivity index (χ1) is 6.20. The molecule has 74 valence electrons. The highest BCUT2D eigenvalue weighted by Crippen LogP contribution is 2.22. The number of nitrogens with one attached hydrogen (secondary N) is 2. The van der Waals surface area contributed by atoms with Crippen LogP contribution in [0, 0.1) is 0 Å². The molecule has 13 heavy (non-hydrogen) atoms. The van der Waals surface area contributed by atoms with Gasteiger partial charge in [0.15, 0.2) is 0 Å². The molecule has 2 N–H and O–H groups in total. The van der Waals surface area contributed by atoms with Crippen molar-refractivity contribution in [2.75, 3.05) is 20.1 Å². The molecule has 1 aliphatic rings. The monoisotopic (exact) mass is 180 g/mol. The topological polar surface area (TPSA) is 24.1 Å². The maximum Gasteiger partial charge on any atom is 0.0211 e. The fourth-order valence-electron chi connectivity index (χ4n) is 1.85. The molecule has 0 radical (unpaired) electrons. The quantitative estimate of drug-likeness (QED) is 0.692. The average molecular weight is 180 g/mol. The van der Waals surface area contributed by atoms with Crippen molar-refractivity contribution in [1.82, 2.24) is 10.6 Å². The summed E-state index contributed by atoms with van der Waals surface area (Å²) in [5, 5.41) is 6.61. The number of hydrogen-bond acceptors (Lipinski definition) is 2. The minimum atomic E-state index is 1.04. The van der Waals surface area contributed by atoms with E-state index in [0.717, 1.165) is 19.5 Å². The van der Waals surface area contributed by atoms with E-state index >= 15 is 0 Å². The molecule has 1 rings (SSSR count). The van der Waals surface area contributed by atoms with Gasteiger partial charge < -0.3 is 10.6 Å². The Bertz CT molecular complexity index is 249. The van der Waals surface area contributed by atoms with Crippen molar-refractivity contribution in [3.8, 4) is 0 Å². The largest absolute Gasteiger partial charge is 0.391 e. The molecule has 0 aromatic heterocycles. The molecule has 0 saturated heterocycles. The van der Waals surface area contributed by atoms with Crippen molar-refractivity contribution in [3.05, 3.63) is 22.4 Å². The molecule has 0 saturated carbocycles. The van der Waals surface area contributed by atoms with Crippen LogP contribution in [0.15, 0.2) is 22.4 Å². The molecule has 0 aromatic carbocycles. The Balaban J connectivity index is 2.96. The van der Waals surface area contributed by atoms with Crippen LogP contribution in [0.5, 0.6) is 0 Å². The van der Waals surface area contributed by atoms with Crippen LogP contribution in [0.1, 0.15) is 27.2 Å². The van der Waals surface area contributed by atoms with Gasteiger partial charge in [0, 0.05) is 25.8 Å². The normalized spacial score (nSPS) is 19.1. The molecule has 0 unspecified atom stereocenters. The molecule has 0 atom stereocenters. The molecular weight excluding hydrogens is 160 g/mol. The van der Waals surface area contributed by atoms with Crippen molar-refractivity contribution >= 4 is 0 Å². The van der Waals surface area contributed by atoms with Gasteiger partial charge in [-0.15, -0.1) is 0 Å². The van der Waals surface area contributed by atoms with Gasteiger partial charge in [0.2, 0.25) is 0 Å². The van der Waals surface area contributed by atoms with Gasteiger partial charge in [-0.1, -0.05) is 12.5 Å². The van der Waals surface area contributed by atoms with Gasteiger partial charge in [-0.3, -0.25) is 0 Å². The number of rotatable bonds is 3. The second kappa shape index (κ2) is 4.47. The van der Waals surface area contributed by atoms with E-state index in [2.05, 4.69) is 31.4 Å². The van der Waals surface area contributed by atoms with Gasteiger partial charge in [0.1, 0.15) is 0 Å². The second-order valence-electron chi connectivity index (χ2n) is 3.57. The van der Waals surface area contributed by atoms with E-state index in [0.29, 0.717) is 0 Å². The minimum Gasteiger partial charge on any atom is -0.391 e. The zero-order chi connectivity index (χ0) is 9.84. The Morgan fingerprint density at radius 2 is 2.15 bits per heavy atom. The lowest BCUT2D eigenvalue weighted by atomic mass is 9.99. The molecule has 0 aliphatic carbocycles. The molecule has 1 aliphatic heterocycles. The van der Waals surface area contributed by atoms with E-state index in [1.54, 1.807) is 0 Å². The zero-order valence-corrected chi connectivity index (χ0v) is 9.12. The molecule has 0 aromatic rings. The summed E-state index contributed by atoms with van der Waals surface area (Å²) in [6.45, 7) is 8.67. The predicted molar refractivity (Wildman–Crippen MR) is 57.6 cm³/mol. The maximum absolute atomic E-state index is 3.38. The summed E-state index contributed by atoms with van der Waals surface area (Å²) in [6, 6.07) is 0. The molecule has 0 amide bonds. The summed E-state index contributed by atoms with van der Waals surface area (Å²) in [5.41, 5.74) is 5.78. The Morgan fingerprint density at radius 1 is 1.46 bits per heavy atom. The molecule has 0 bridgehead atoms. The van der Waals surface area contributed by atoms with E-state index in [1.807, 2.05) is 7.05 Å². The summed E-state index contributed by atoms with van der Waals surface area (Å²) in [5.74, 6) is 0. The smallest absolute Gasteiger partial charge is 0.0211 e. The van der Waals surface area contributed by atoms with Crippen LogP contribution in [-0.4, -0.2) is 20.1 Å². The Kier molecular flexibility index (Phi) is 3.55. The highest BCUT2D eigenvalue weighted by atomic mass is 14.9. The van der Waals surface area contributed by atoms with Crippen molar-refractivity contribution < 1.29 is 0 Å². The Hall–Kier alpha value is -0.760. The third-order valence-corrected chi connectivity index (χ3v) is 2.75. The van der Waals surface area contributed by atoms with E-state index in [1.165, 1.54) is 22.4 Å². The highest BCUT2D eigenvalue weighted by molar-refractivity contribution is 5.41. The van der Waals surface area contributed by atoms with Gasteiger partial charge in [-0.2, -0.15) is 0 Å². The van der Waals surface area contributed by atoms with Gasteiger partial charge in [-0.05, 0) is 31.4 Å². The lowest BCUT2D eigenvalue weighted by molar-refractivity contribution is 0.852. The Morgan fingerprint density at radius 3 is 2.54 bits per heavy atom. The van der Waals surface area contributed by atoms with Crippen LogP contribution >= 0.6 is 0 Å². The van der Waals surface area contributed by atoms with E-state index in [-0.39, 0.29) is 0 Å². The van der Waals surface area contributed by atoms with Crippen LogP contribution < -0.4 is 10.6 Å². The zero-order valence-electron chi connectivity index (χ0n) is 9.12. The SMILES string of the molecule is CC/C(C1=C(C)CNC1)=C(/C)NC. The second-order valence-corrected chi connectivity index (χ2v) is 3.57. The van der Waals surface area contributed by atoms with Crippen LogP contribution in [-0.2, 0) is 0 Å². The minimum absolute atomic E-state index is 1.04. The lowest BCUT2D eigenvalue weighted by Crippen LogP contribution is -2.12. The third-order valence-electron chi connectivity index (χ3n) is 2.75. The molecule has 1 heterocycles. The third kappa shape index (κ3) is 2.13. The fourth-order valence-corrected chi connectivity index (χ4v) is 1.85. The van der Waals surface area contributed by atoms with Gasteiger partial charge >= 0.3 is 0 Å². The first-order valence-corrected chi connectivity index (χ1v) is 4.97. The standard InChI is InChI=1S/C11H20N2/c1-5-10(9(3)12-4)11-7-13-6-8(11)2/h12-13H,5-7H2,1-4H3/b10-9+. The molecule has 0 fully saturated rings. The van der Waals surface area contributed by atoms with E-state index < -0.39 is 0 Å². The summed E-state index contributed by atoms with van der Waals surface area (Å²) in [6.07, 6.45) is 1.11. The summed E-state index contributed by atoms with van der Waals surface area (Å²) in [7, 11) is 1.99. The lowest BCUT2D eigenvalue weighted by Gasteiger charge is -2.12. The van der Waals surface area contributed by atoms with E-state index in [4.69, 9.17) is 0 Å². The highest BCUT2D eigenvalue weighted by Gasteiger charge is 2.14. The molecular formula is C11H20N2. The number of hydrogen-bond donors (Lipinski definition) is 2. The van der Waals surface area contributed by atoms with Crippen molar-refractivity contribution in [2.24, 2.45) is 0 Å². The van der Waals surface area contributed by atoms with Crippen molar-refractivity contribution in [3.63, 3.8) is 0 Å². The fraction of sp³-hybridized carbons (Fsp3) is 0.636. The van der Waals surface area contributed by atoms with E-state index in [9.17, 15) is 0 Å². The first kappa shape index (κ1) is 10.3. The van der Waals surface area contributed by atoms with Crippen molar-refractivity contribution in [1.29, 1.82) is 0 Å². The predicted octanol–water partition coefficient (Wildman–Crippen LogP) is 1.81. The Labute approximate surface area is 81.1 Å². The first-order valence-electron chi connectivity index (χ1n) is 4.97. The van der Waals surface area contributed by atoms with Crippen molar-refractivity contribution in [2.45, 2.75) is 27.2 Å². The number of allylic oxidation sites excluding steroid dienone is 1. The van der Waals surface area contributed by atoms with Crippen LogP contribution in [0.4, 0.5) is 0 Å². The summed E-state index contributed by atoms with van der Waals surface area (Å²) in [4.78, 5) is 0. The molecule has 2 heteroatoms. The maximum atomic E-state index is 3.38. The van der Waals surface area contributed by atoms with Gasteiger partial charge in [0.25, 0.3) is 0 Å². The summed E-state index contributed by atoms with van der Waals surface area (Å²) < 4.78 is 0.